The van der Waals surface area contributed by atoms with Crippen LogP contribution in [-0.4, -0.2) is 37.3 Å². The first-order chi connectivity index (χ1) is 15.1. The summed E-state index contributed by atoms with van der Waals surface area (Å²) in [7, 11) is 0. The van der Waals surface area contributed by atoms with Gasteiger partial charge in [-0.25, -0.2) is 4.98 Å². The highest BCUT2D eigenvalue weighted by molar-refractivity contribution is 6.30. The molecule has 4 fully saturated rings. The number of rotatable bonds is 4. The quantitative estimate of drug-likeness (QED) is 0.489. The van der Waals surface area contributed by atoms with Crippen molar-refractivity contribution in [3.05, 3.63) is 75.6 Å². The molecule has 4 atom stereocenters. The number of hydrogen-bond donors (Lipinski definition) is 0. The maximum atomic E-state index is 12.9. The van der Waals surface area contributed by atoms with Crippen molar-refractivity contribution in [2.24, 2.45) is 11.8 Å². The molecule has 2 aliphatic carbocycles. The van der Waals surface area contributed by atoms with Gasteiger partial charge in [-0.15, -0.1) is 0 Å². The highest BCUT2D eigenvalue weighted by Crippen LogP contribution is 2.85. The van der Waals surface area contributed by atoms with E-state index in [9.17, 15) is 4.79 Å². The molecule has 9 heteroatoms. The summed E-state index contributed by atoms with van der Waals surface area (Å²) in [5.41, 5.74) is 2.45. The van der Waals surface area contributed by atoms with Crippen LogP contribution >= 0.6 is 11.6 Å². The van der Waals surface area contributed by atoms with E-state index in [4.69, 9.17) is 16.1 Å². The summed E-state index contributed by atoms with van der Waals surface area (Å²) in [5, 5.41) is 5.61. The minimum absolute atomic E-state index is 0.0102. The number of nitrogens with zero attached hydrogens (tertiary/aromatic N) is 6. The Kier molecular flexibility index (Phi) is 3.20. The molecular formula is C22H17ClN6O2. The molecule has 2 saturated carbocycles. The summed E-state index contributed by atoms with van der Waals surface area (Å²) < 4.78 is 7.05. The van der Waals surface area contributed by atoms with E-state index in [1.807, 2.05) is 19.1 Å². The number of aryl methyl sites for hydroxylation is 1. The van der Waals surface area contributed by atoms with E-state index >= 15 is 0 Å². The fourth-order valence-corrected chi connectivity index (χ4v) is 5.77. The predicted octanol–water partition coefficient (Wildman–Crippen LogP) is 2.57. The van der Waals surface area contributed by atoms with E-state index < -0.39 is 0 Å². The molecule has 2 saturated heterocycles. The van der Waals surface area contributed by atoms with Crippen molar-refractivity contribution in [2.75, 3.05) is 11.4 Å². The number of hydrogen-bond acceptors (Lipinski definition) is 7. The van der Waals surface area contributed by atoms with Crippen LogP contribution in [0.1, 0.15) is 17.3 Å². The molecule has 1 aromatic carbocycles. The van der Waals surface area contributed by atoms with Crippen LogP contribution in [-0.2, 0) is 12.0 Å². The molecule has 8 nitrogen and oxygen atoms in total. The Bertz CT molecular complexity index is 1420. The third kappa shape index (κ3) is 2.18. The summed E-state index contributed by atoms with van der Waals surface area (Å²) in [6.07, 6.45) is 4.78. The molecule has 4 aromatic rings. The van der Waals surface area contributed by atoms with E-state index in [1.165, 1.54) is 16.6 Å². The van der Waals surface area contributed by atoms with Crippen molar-refractivity contribution < 1.29 is 4.52 Å². The Balaban J connectivity index is 1.16. The topological polar surface area (TPSA) is 89.9 Å². The highest BCUT2D eigenvalue weighted by Gasteiger charge is 2.95. The van der Waals surface area contributed by atoms with Crippen LogP contribution < -0.4 is 10.5 Å². The lowest BCUT2D eigenvalue weighted by Gasteiger charge is -2.18. The average Bonchev–Trinajstić information content (AvgIpc) is 3.31. The summed E-state index contributed by atoms with van der Waals surface area (Å²) in [6.45, 7) is 3.06. The number of fused-ring (bicyclic) bond motifs is 2. The van der Waals surface area contributed by atoms with Crippen molar-refractivity contribution in [1.82, 2.24) is 24.7 Å². The minimum Gasteiger partial charge on any atom is -0.367 e. The third-order valence-electron chi connectivity index (χ3n) is 7.18. The monoisotopic (exact) mass is 432 g/mol. The number of piperidine rings is 1. The van der Waals surface area contributed by atoms with Gasteiger partial charge in [-0.3, -0.25) is 14.3 Å². The number of anilines is 1. The molecule has 0 radical (unpaired) electrons. The summed E-state index contributed by atoms with van der Waals surface area (Å²) in [5.74, 6) is 2.35. The van der Waals surface area contributed by atoms with Gasteiger partial charge in [-0.2, -0.15) is 4.98 Å². The highest BCUT2D eigenvalue weighted by atomic mass is 35.5. The molecule has 2 bridgehead atoms. The molecule has 31 heavy (non-hydrogen) atoms. The van der Waals surface area contributed by atoms with E-state index in [0.717, 1.165) is 23.0 Å². The number of benzene rings is 1. The lowest BCUT2D eigenvalue weighted by atomic mass is 10.1. The first-order valence-electron chi connectivity index (χ1n) is 10.2. The molecule has 5 heterocycles. The van der Waals surface area contributed by atoms with Crippen LogP contribution in [0, 0.1) is 18.8 Å². The predicted molar refractivity (Wildman–Crippen MR) is 113 cm³/mol. The Hall–Kier alpha value is -3.26. The van der Waals surface area contributed by atoms with Crippen LogP contribution in [0.25, 0.3) is 10.9 Å². The van der Waals surface area contributed by atoms with Crippen molar-refractivity contribution in [3.63, 3.8) is 0 Å². The van der Waals surface area contributed by atoms with Crippen LogP contribution in [0.2, 0.25) is 5.02 Å². The van der Waals surface area contributed by atoms with Gasteiger partial charge in [0, 0.05) is 35.4 Å². The molecule has 2 aliphatic heterocycles. The molecule has 0 N–H and O–H groups in total. The second-order valence-electron chi connectivity index (χ2n) is 8.68. The average molecular weight is 433 g/mol. The molecular weight excluding hydrogens is 416 g/mol. The first-order valence-corrected chi connectivity index (χ1v) is 10.6. The van der Waals surface area contributed by atoms with Crippen LogP contribution in [0.15, 0.2) is 52.3 Å². The van der Waals surface area contributed by atoms with Gasteiger partial charge in [0.25, 0.3) is 5.56 Å². The largest absolute Gasteiger partial charge is 0.367 e. The molecule has 8 rings (SSSR count). The zero-order valence-electron chi connectivity index (χ0n) is 16.6. The number of halogens is 1. The second-order valence-corrected chi connectivity index (χ2v) is 9.12. The first kappa shape index (κ1) is 17.4. The Morgan fingerprint density at radius 1 is 1.26 bits per heavy atom. The van der Waals surface area contributed by atoms with Gasteiger partial charge in [0.15, 0.2) is 5.82 Å². The lowest BCUT2D eigenvalue weighted by molar-refractivity contribution is 0.362. The maximum Gasteiger partial charge on any atom is 0.262 e. The summed E-state index contributed by atoms with van der Waals surface area (Å²) >= 11 is 6.03. The van der Waals surface area contributed by atoms with Crippen LogP contribution in [0.4, 0.5) is 5.69 Å². The Labute approximate surface area is 181 Å². The maximum absolute atomic E-state index is 12.9. The van der Waals surface area contributed by atoms with E-state index in [0.29, 0.717) is 34.7 Å². The van der Waals surface area contributed by atoms with Crippen molar-refractivity contribution in [2.45, 2.75) is 24.9 Å². The normalized spacial score (nSPS) is 27.5. The van der Waals surface area contributed by atoms with Gasteiger partial charge < -0.3 is 9.42 Å². The van der Waals surface area contributed by atoms with Gasteiger partial charge in [-0.05, 0) is 42.7 Å². The molecule has 154 valence electrons. The summed E-state index contributed by atoms with van der Waals surface area (Å²) in [6, 6.07) is 8.40. The molecule has 0 amide bonds. The van der Waals surface area contributed by atoms with Gasteiger partial charge in [0.2, 0.25) is 5.89 Å². The van der Waals surface area contributed by atoms with Gasteiger partial charge in [0.1, 0.15) is 6.54 Å². The van der Waals surface area contributed by atoms with E-state index in [1.54, 1.807) is 12.4 Å². The second kappa shape index (κ2) is 5.70. The zero-order valence-corrected chi connectivity index (χ0v) is 17.3. The zero-order chi connectivity index (χ0) is 20.9. The van der Waals surface area contributed by atoms with Gasteiger partial charge >= 0.3 is 0 Å². The lowest BCUT2D eigenvalue weighted by Crippen LogP contribution is -2.23. The SMILES string of the molecule is Cc1cncc2ncn(Cc3nc([C@]45C6[C@H]4[C@H]5CN6c4ccc(Cl)cc4)no3)c(=O)c12. The fourth-order valence-electron chi connectivity index (χ4n) is 5.64. The Morgan fingerprint density at radius 3 is 2.90 bits per heavy atom. The van der Waals surface area contributed by atoms with E-state index in [2.05, 4.69) is 37.1 Å². The smallest absolute Gasteiger partial charge is 0.262 e. The van der Waals surface area contributed by atoms with Crippen molar-refractivity contribution in [3.8, 4) is 0 Å². The molecule has 0 spiro atoms. The standard InChI is InChI=1S/C22H17ClN6O2/c1-11-6-24-7-15-17(11)20(30)28(10-25-15)9-16-26-21(27-31-16)22-14-8-29(19(22)18(14)22)13-4-2-12(23)3-5-13/h2-7,10,14,18-19H,8-9H2,1H3/t14-,18-,19?,22+/m1/s1. The molecule has 3 aromatic heterocycles. The number of aromatic nitrogens is 5. The fraction of sp³-hybridized carbons (Fsp3) is 0.318. The van der Waals surface area contributed by atoms with Crippen LogP contribution in [0.5, 0.6) is 0 Å². The van der Waals surface area contributed by atoms with Gasteiger partial charge in [0.05, 0.1) is 28.8 Å². The minimum atomic E-state index is -0.132. The van der Waals surface area contributed by atoms with Crippen molar-refractivity contribution in [1.29, 1.82) is 0 Å². The number of pyridine rings is 1. The molecule has 4 aliphatic rings. The van der Waals surface area contributed by atoms with E-state index in [-0.39, 0.29) is 17.5 Å². The summed E-state index contributed by atoms with van der Waals surface area (Å²) in [4.78, 5) is 28.5. The van der Waals surface area contributed by atoms with Crippen LogP contribution in [0.3, 0.4) is 0 Å². The molecule has 1 unspecified atom stereocenters. The Morgan fingerprint density at radius 2 is 2.10 bits per heavy atom. The van der Waals surface area contributed by atoms with Crippen molar-refractivity contribution >= 4 is 28.2 Å². The third-order valence-corrected chi connectivity index (χ3v) is 7.44. The van der Waals surface area contributed by atoms with Gasteiger partial charge in [-0.1, -0.05) is 16.8 Å².